The lowest BCUT2D eigenvalue weighted by molar-refractivity contribution is 0.867. The van der Waals surface area contributed by atoms with Crippen molar-refractivity contribution in [2.24, 2.45) is 0 Å². The van der Waals surface area contributed by atoms with E-state index in [2.05, 4.69) is 51.3 Å². The molecular weight excluding hydrogens is 396 g/mol. The summed E-state index contributed by atoms with van der Waals surface area (Å²) >= 11 is 9.52. The SMILES string of the molecule is Cc1ccc(-n2c(C)nnc2SCc2csc(-c3ccccc3Cl)n2)cc1. The summed E-state index contributed by atoms with van der Waals surface area (Å²) in [6.45, 7) is 4.05. The van der Waals surface area contributed by atoms with Crippen LogP contribution in [0, 0.1) is 13.8 Å². The molecule has 136 valence electrons. The van der Waals surface area contributed by atoms with E-state index in [-0.39, 0.29) is 0 Å². The molecule has 0 aliphatic carbocycles. The van der Waals surface area contributed by atoms with E-state index in [1.165, 1.54) is 5.56 Å². The number of hydrogen-bond acceptors (Lipinski definition) is 5. The number of halogens is 1. The number of nitrogens with zero attached hydrogens (tertiary/aromatic N) is 4. The first-order valence-electron chi connectivity index (χ1n) is 8.43. The summed E-state index contributed by atoms with van der Waals surface area (Å²) in [6, 6.07) is 16.2. The van der Waals surface area contributed by atoms with Crippen LogP contribution in [0.2, 0.25) is 5.02 Å². The van der Waals surface area contributed by atoms with Gasteiger partial charge in [-0.1, -0.05) is 59.3 Å². The van der Waals surface area contributed by atoms with Crippen LogP contribution in [0.1, 0.15) is 17.1 Å². The fourth-order valence-corrected chi connectivity index (χ4v) is 4.83. The minimum atomic E-state index is 0.723. The van der Waals surface area contributed by atoms with Gasteiger partial charge in [-0.3, -0.25) is 4.57 Å². The van der Waals surface area contributed by atoms with Crippen molar-refractivity contribution < 1.29 is 0 Å². The van der Waals surface area contributed by atoms with Crippen LogP contribution in [0.15, 0.2) is 59.1 Å². The van der Waals surface area contributed by atoms with E-state index in [1.807, 2.05) is 31.2 Å². The van der Waals surface area contributed by atoms with Crippen molar-refractivity contribution >= 4 is 34.7 Å². The summed E-state index contributed by atoms with van der Waals surface area (Å²) in [5.74, 6) is 1.60. The standard InChI is InChI=1S/C20H17ClN4S2/c1-13-7-9-16(10-8-13)25-14(2)23-24-20(25)27-12-15-11-26-19(22-15)17-5-3-4-6-18(17)21/h3-11H,12H2,1-2H3. The van der Waals surface area contributed by atoms with Gasteiger partial charge in [-0.2, -0.15) is 0 Å². The zero-order valence-electron chi connectivity index (χ0n) is 14.9. The van der Waals surface area contributed by atoms with Gasteiger partial charge in [-0.05, 0) is 32.0 Å². The van der Waals surface area contributed by atoms with E-state index in [9.17, 15) is 0 Å². The van der Waals surface area contributed by atoms with Crippen molar-refractivity contribution in [1.29, 1.82) is 0 Å². The van der Waals surface area contributed by atoms with Crippen molar-refractivity contribution in [3.05, 3.63) is 76.0 Å². The summed E-state index contributed by atoms with van der Waals surface area (Å²) in [5.41, 5.74) is 4.28. The average molecular weight is 413 g/mol. The van der Waals surface area contributed by atoms with E-state index in [1.54, 1.807) is 23.1 Å². The summed E-state index contributed by atoms with van der Waals surface area (Å²) in [7, 11) is 0. The molecule has 0 radical (unpaired) electrons. The maximum atomic E-state index is 6.28. The van der Waals surface area contributed by atoms with Gasteiger partial charge in [0, 0.05) is 22.4 Å². The Morgan fingerprint density at radius 2 is 1.81 bits per heavy atom. The summed E-state index contributed by atoms with van der Waals surface area (Å²) in [6.07, 6.45) is 0. The summed E-state index contributed by atoms with van der Waals surface area (Å²) in [5, 5.41) is 13.2. The van der Waals surface area contributed by atoms with Crippen LogP contribution in [0.4, 0.5) is 0 Å². The quantitative estimate of drug-likeness (QED) is 0.379. The molecule has 0 spiro atoms. The number of rotatable bonds is 5. The Bertz CT molecular complexity index is 1070. The minimum absolute atomic E-state index is 0.723. The van der Waals surface area contributed by atoms with E-state index in [0.717, 1.165) is 43.7 Å². The van der Waals surface area contributed by atoms with Gasteiger partial charge in [-0.25, -0.2) is 4.98 Å². The smallest absolute Gasteiger partial charge is 0.196 e. The molecule has 7 heteroatoms. The topological polar surface area (TPSA) is 43.6 Å². The maximum Gasteiger partial charge on any atom is 0.196 e. The molecule has 0 atom stereocenters. The molecule has 2 heterocycles. The van der Waals surface area contributed by atoms with Crippen molar-refractivity contribution in [2.45, 2.75) is 24.8 Å². The van der Waals surface area contributed by atoms with Crippen LogP contribution >= 0.6 is 34.7 Å². The van der Waals surface area contributed by atoms with Crippen molar-refractivity contribution in [3.63, 3.8) is 0 Å². The molecule has 0 N–H and O–H groups in total. The van der Waals surface area contributed by atoms with Gasteiger partial charge in [0.05, 0.1) is 10.7 Å². The molecule has 0 aliphatic heterocycles. The van der Waals surface area contributed by atoms with Crippen LogP contribution in [0.25, 0.3) is 16.3 Å². The zero-order chi connectivity index (χ0) is 18.8. The average Bonchev–Trinajstić information content (AvgIpc) is 3.28. The Balaban J connectivity index is 1.54. The lowest BCUT2D eigenvalue weighted by atomic mass is 10.2. The highest BCUT2D eigenvalue weighted by atomic mass is 35.5. The molecule has 0 saturated carbocycles. The Morgan fingerprint density at radius 1 is 1.04 bits per heavy atom. The normalized spacial score (nSPS) is 11.1. The molecule has 2 aromatic heterocycles. The monoisotopic (exact) mass is 412 g/mol. The highest BCUT2D eigenvalue weighted by molar-refractivity contribution is 7.98. The number of hydrogen-bond donors (Lipinski definition) is 0. The van der Waals surface area contributed by atoms with Crippen molar-refractivity contribution in [2.75, 3.05) is 0 Å². The number of aryl methyl sites for hydroxylation is 2. The Labute approximate surface area is 171 Å². The second-order valence-electron chi connectivity index (χ2n) is 6.11. The molecule has 0 fully saturated rings. The Morgan fingerprint density at radius 3 is 2.59 bits per heavy atom. The third-order valence-electron chi connectivity index (χ3n) is 4.09. The molecule has 4 aromatic rings. The molecule has 0 unspecified atom stereocenters. The second kappa shape index (κ2) is 7.84. The first-order chi connectivity index (χ1) is 13.1. The molecule has 4 rings (SSSR count). The first kappa shape index (κ1) is 18.2. The predicted octanol–water partition coefficient (Wildman–Crippen LogP) is 5.95. The van der Waals surface area contributed by atoms with Crippen LogP contribution in [0.3, 0.4) is 0 Å². The summed E-state index contributed by atoms with van der Waals surface area (Å²) in [4.78, 5) is 4.73. The third kappa shape index (κ3) is 3.93. The van der Waals surface area contributed by atoms with Crippen molar-refractivity contribution in [3.8, 4) is 16.3 Å². The molecule has 0 saturated heterocycles. The molecule has 2 aromatic carbocycles. The predicted molar refractivity (Wildman–Crippen MR) is 113 cm³/mol. The lowest BCUT2D eigenvalue weighted by Crippen LogP contribution is -1.99. The van der Waals surface area contributed by atoms with Crippen LogP contribution in [-0.4, -0.2) is 19.7 Å². The van der Waals surface area contributed by atoms with Gasteiger partial charge >= 0.3 is 0 Å². The highest BCUT2D eigenvalue weighted by Crippen LogP contribution is 2.32. The largest absolute Gasteiger partial charge is 0.274 e. The van der Waals surface area contributed by atoms with Crippen molar-refractivity contribution in [1.82, 2.24) is 19.7 Å². The minimum Gasteiger partial charge on any atom is -0.274 e. The maximum absolute atomic E-state index is 6.28. The molecule has 0 amide bonds. The molecule has 0 bridgehead atoms. The van der Waals surface area contributed by atoms with Gasteiger partial charge in [0.2, 0.25) is 0 Å². The van der Waals surface area contributed by atoms with E-state index in [0.29, 0.717) is 0 Å². The third-order valence-corrected chi connectivity index (χ3v) is 6.31. The van der Waals surface area contributed by atoms with Crippen LogP contribution in [0.5, 0.6) is 0 Å². The Hall–Kier alpha value is -2.15. The highest BCUT2D eigenvalue weighted by Gasteiger charge is 2.13. The number of benzene rings is 2. The summed E-state index contributed by atoms with van der Waals surface area (Å²) < 4.78 is 2.07. The van der Waals surface area contributed by atoms with Gasteiger partial charge in [-0.15, -0.1) is 21.5 Å². The second-order valence-corrected chi connectivity index (χ2v) is 8.32. The molecule has 4 nitrogen and oxygen atoms in total. The number of thioether (sulfide) groups is 1. The fraction of sp³-hybridized carbons (Fsp3) is 0.150. The van der Waals surface area contributed by atoms with Gasteiger partial charge in [0.1, 0.15) is 10.8 Å². The molecule has 27 heavy (non-hydrogen) atoms. The number of aromatic nitrogens is 4. The number of thiazole rings is 1. The van der Waals surface area contributed by atoms with Gasteiger partial charge in [0.25, 0.3) is 0 Å². The fourth-order valence-electron chi connectivity index (χ4n) is 2.70. The first-order valence-corrected chi connectivity index (χ1v) is 10.7. The Kier molecular flexibility index (Phi) is 5.29. The van der Waals surface area contributed by atoms with Crippen LogP contribution < -0.4 is 0 Å². The van der Waals surface area contributed by atoms with E-state index < -0.39 is 0 Å². The molecule has 0 aliphatic rings. The molecular formula is C20H17ClN4S2. The van der Waals surface area contributed by atoms with Crippen LogP contribution in [-0.2, 0) is 5.75 Å². The zero-order valence-corrected chi connectivity index (χ0v) is 17.3. The van der Waals surface area contributed by atoms with E-state index >= 15 is 0 Å². The van der Waals surface area contributed by atoms with Gasteiger partial charge in [0.15, 0.2) is 5.16 Å². The van der Waals surface area contributed by atoms with E-state index in [4.69, 9.17) is 16.6 Å². The van der Waals surface area contributed by atoms with Gasteiger partial charge < -0.3 is 0 Å². The lowest BCUT2D eigenvalue weighted by Gasteiger charge is -2.08.